The molecule has 194 valence electrons. The molecule has 0 spiro atoms. The number of ether oxygens (including phenoxy) is 2. The Kier molecular flexibility index (Phi) is 7.41. The van der Waals surface area contributed by atoms with Crippen molar-refractivity contribution in [1.82, 2.24) is 19.9 Å². The molecule has 3 aromatic heterocycles. The van der Waals surface area contributed by atoms with Gasteiger partial charge in [-0.15, -0.1) is 0 Å². The van der Waals surface area contributed by atoms with Gasteiger partial charge in [0.15, 0.2) is 5.13 Å². The first-order valence-corrected chi connectivity index (χ1v) is 13.3. The topological polar surface area (TPSA) is 107 Å². The largest absolute Gasteiger partial charge is 0.494 e. The summed E-state index contributed by atoms with van der Waals surface area (Å²) >= 11 is 7.54. The van der Waals surface area contributed by atoms with Crippen LogP contribution in [0.15, 0.2) is 24.5 Å². The minimum Gasteiger partial charge on any atom is -0.494 e. The van der Waals surface area contributed by atoms with Gasteiger partial charge in [-0.1, -0.05) is 22.9 Å². The van der Waals surface area contributed by atoms with Crippen molar-refractivity contribution in [1.29, 1.82) is 0 Å². The van der Waals surface area contributed by atoms with E-state index in [0.29, 0.717) is 45.8 Å². The minimum absolute atomic E-state index is 0.0470. The maximum atomic E-state index is 13.3. The van der Waals surface area contributed by atoms with Crippen molar-refractivity contribution < 1.29 is 19.1 Å². The van der Waals surface area contributed by atoms with Gasteiger partial charge < -0.3 is 14.4 Å². The molecule has 0 unspecified atom stereocenters. The number of hydrogen-bond donors (Lipinski definition) is 1. The van der Waals surface area contributed by atoms with Crippen molar-refractivity contribution in [3.63, 3.8) is 0 Å². The molecule has 11 heteroatoms. The zero-order valence-corrected chi connectivity index (χ0v) is 22.5. The molecule has 0 radical (unpaired) electrons. The van der Waals surface area contributed by atoms with Gasteiger partial charge in [-0.3, -0.25) is 19.9 Å². The highest BCUT2D eigenvalue weighted by atomic mass is 35.5. The standard InChI is InChI=1S/C26H28ClN5O4S/c1-14-8-17(18-9-23(27)29-11-21(18)36-3)19(10-28-14)24(33)31-26-30-20-12-32(13-22(20)37-26)25(34)15-4-6-16(35-2)7-5-15/h8-11,15-16H,4-7,12-13H2,1-3H3,(H,30,31,33). The highest BCUT2D eigenvalue weighted by Gasteiger charge is 2.34. The molecular formula is C26H28ClN5O4S. The van der Waals surface area contributed by atoms with Gasteiger partial charge in [-0.05, 0) is 44.7 Å². The van der Waals surface area contributed by atoms with E-state index in [0.717, 1.165) is 41.9 Å². The van der Waals surface area contributed by atoms with E-state index in [-0.39, 0.29) is 23.8 Å². The average molecular weight is 542 g/mol. The lowest BCUT2D eigenvalue weighted by atomic mass is 9.86. The first-order chi connectivity index (χ1) is 17.9. The lowest BCUT2D eigenvalue weighted by Gasteiger charge is -2.29. The SMILES string of the molecule is COc1cnc(Cl)cc1-c1cc(C)ncc1C(=O)Nc1nc2c(s1)CN(C(=O)C1CCC(OC)CC1)C2. The van der Waals surface area contributed by atoms with Crippen molar-refractivity contribution in [3.8, 4) is 16.9 Å². The van der Waals surface area contributed by atoms with E-state index < -0.39 is 0 Å². The van der Waals surface area contributed by atoms with Crippen LogP contribution in [0, 0.1) is 12.8 Å². The second-order valence-electron chi connectivity index (χ2n) is 9.33. The van der Waals surface area contributed by atoms with E-state index in [4.69, 9.17) is 21.1 Å². The molecule has 0 bridgehead atoms. The highest BCUT2D eigenvalue weighted by molar-refractivity contribution is 7.16. The van der Waals surface area contributed by atoms with Crippen molar-refractivity contribution in [2.45, 2.75) is 51.8 Å². The number of carbonyl (C=O) groups is 2. The van der Waals surface area contributed by atoms with Crippen LogP contribution < -0.4 is 10.1 Å². The number of aromatic nitrogens is 3. The molecule has 3 aromatic rings. The predicted molar refractivity (Wildman–Crippen MR) is 141 cm³/mol. The van der Waals surface area contributed by atoms with Gasteiger partial charge in [0.1, 0.15) is 10.9 Å². The summed E-state index contributed by atoms with van der Waals surface area (Å²) in [4.78, 5) is 42.2. The van der Waals surface area contributed by atoms with E-state index in [1.165, 1.54) is 30.8 Å². The lowest BCUT2D eigenvalue weighted by molar-refractivity contribution is -0.138. The van der Waals surface area contributed by atoms with Gasteiger partial charge in [-0.2, -0.15) is 0 Å². The molecule has 2 amide bonds. The molecule has 0 saturated heterocycles. The first kappa shape index (κ1) is 25.6. The van der Waals surface area contributed by atoms with Gasteiger partial charge in [0.05, 0.1) is 48.6 Å². The predicted octanol–water partition coefficient (Wildman–Crippen LogP) is 4.87. The lowest BCUT2D eigenvalue weighted by Crippen LogP contribution is -2.35. The number of aryl methyl sites for hydroxylation is 1. The van der Waals surface area contributed by atoms with Crippen LogP contribution in [0.4, 0.5) is 5.13 Å². The van der Waals surface area contributed by atoms with Crippen LogP contribution >= 0.6 is 22.9 Å². The van der Waals surface area contributed by atoms with Gasteiger partial charge in [0, 0.05) is 36.0 Å². The van der Waals surface area contributed by atoms with Crippen molar-refractivity contribution in [3.05, 3.63) is 51.5 Å². The third kappa shape index (κ3) is 5.32. The zero-order valence-electron chi connectivity index (χ0n) is 20.9. The molecule has 0 atom stereocenters. The second kappa shape index (κ2) is 10.7. The molecule has 0 aromatic carbocycles. The number of thiazole rings is 1. The van der Waals surface area contributed by atoms with Crippen LogP contribution in [0.5, 0.6) is 5.75 Å². The number of nitrogens with one attached hydrogen (secondary N) is 1. The summed E-state index contributed by atoms with van der Waals surface area (Å²) in [5.41, 5.74) is 3.23. The van der Waals surface area contributed by atoms with E-state index >= 15 is 0 Å². The Hall–Kier alpha value is -3.08. The normalized spacial score (nSPS) is 19.0. The summed E-state index contributed by atoms with van der Waals surface area (Å²) in [5.74, 6) is 0.391. The van der Waals surface area contributed by atoms with Crippen LogP contribution in [-0.4, -0.2) is 52.0 Å². The Labute approximate surface area is 224 Å². The van der Waals surface area contributed by atoms with Crippen molar-refractivity contribution >= 4 is 39.9 Å². The number of amides is 2. The highest BCUT2D eigenvalue weighted by Crippen LogP contribution is 2.36. The molecular weight excluding hydrogens is 514 g/mol. The summed E-state index contributed by atoms with van der Waals surface area (Å²) in [6, 6.07) is 3.48. The third-order valence-corrected chi connectivity index (χ3v) is 8.18. The maximum Gasteiger partial charge on any atom is 0.259 e. The molecule has 37 heavy (non-hydrogen) atoms. The Bertz CT molecular complexity index is 1310. The summed E-state index contributed by atoms with van der Waals surface area (Å²) in [7, 11) is 3.27. The minimum atomic E-state index is -0.340. The van der Waals surface area contributed by atoms with Gasteiger partial charge in [0.2, 0.25) is 5.91 Å². The fourth-order valence-corrected chi connectivity index (χ4v) is 6.11. The molecule has 2 aliphatic rings. The maximum absolute atomic E-state index is 13.3. The zero-order chi connectivity index (χ0) is 26.1. The number of carbonyl (C=O) groups excluding carboxylic acids is 2. The Morgan fingerprint density at radius 2 is 1.86 bits per heavy atom. The van der Waals surface area contributed by atoms with E-state index in [1.807, 2.05) is 17.9 Å². The molecule has 1 saturated carbocycles. The fraction of sp³-hybridized carbons (Fsp3) is 0.423. The smallest absolute Gasteiger partial charge is 0.259 e. The molecule has 9 nitrogen and oxygen atoms in total. The fourth-order valence-electron chi connectivity index (χ4n) is 4.97. The van der Waals surface area contributed by atoms with Gasteiger partial charge in [-0.25, -0.2) is 9.97 Å². The number of fused-ring (bicyclic) bond motifs is 1. The van der Waals surface area contributed by atoms with E-state index in [9.17, 15) is 9.59 Å². The number of halogens is 1. The molecule has 1 aliphatic carbocycles. The van der Waals surface area contributed by atoms with E-state index in [2.05, 4.69) is 20.3 Å². The number of pyridine rings is 2. The van der Waals surface area contributed by atoms with Crippen molar-refractivity contribution in [2.24, 2.45) is 5.92 Å². The summed E-state index contributed by atoms with van der Waals surface area (Å²) in [5, 5.41) is 3.69. The first-order valence-electron chi connectivity index (χ1n) is 12.1. The number of anilines is 1. The van der Waals surface area contributed by atoms with Crippen LogP contribution in [0.3, 0.4) is 0 Å². The van der Waals surface area contributed by atoms with E-state index in [1.54, 1.807) is 13.2 Å². The Balaban J connectivity index is 1.30. The Morgan fingerprint density at radius 1 is 1.08 bits per heavy atom. The molecule has 1 N–H and O–H groups in total. The molecule has 1 fully saturated rings. The molecule has 1 aliphatic heterocycles. The number of hydrogen-bond acceptors (Lipinski definition) is 8. The average Bonchev–Trinajstić information content (AvgIpc) is 3.47. The number of nitrogens with zero attached hydrogens (tertiary/aromatic N) is 4. The van der Waals surface area contributed by atoms with Gasteiger partial charge >= 0.3 is 0 Å². The van der Waals surface area contributed by atoms with Gasteiger partial charge in [0.25, 0.3) is 5.91 Å². The summed E-state index contributed by atoms with van der Waals surface area (Å²) in [6.45, 7) is 2.84. The van der Waals surface area contributed by atoms with Crippen LogP contribution in [0.25, 0.3) is 11.1 Å². The van der Waals surface area contributed by atoms with Crippen molar-refractivity contribution in [2.75, 3.05) is 19.5 Å². The summed E-state index contributed by atoms with van der Waals surface area (Å²) in [6.07, 6.45) is 6.88. The summed E-state index contributed by atoms with van der Waals surface area (Å²) < 4.78 is 10.9. The third-order valence-electron chi connectivity index (χ3n) is 6.97. The molecule has 4 heterocycles. The van der Waals surface area contributed by atoms with Crippen LogP contribution in [0.2, 0.25) is 5.15 Å². The monoisotopic (exact) mass is 541 g/mol. The van der Waals surface area contributed by atoms with Crippen LogP contribution in [-0.2, 0) is 22.6 Å². The Morgan fingerprint density at radius 3 is 2.57 bits per heavy atom. The van der Waals surface area contributed by atoms with Crippen LogP contribution in [0.1, 0.15) is 52.3 Å². The number of methoxy groups -OCH3 is 2. The quantitative estimate of drug-likeness (QED) is 0.444. The number of rotatable bonds is 6. The molecule has 5 rings (SSSR count). The second-order valence-corrected chi connectivity index (χ2v) is 10.8.